The third kappa shape index (κ3) is 4.68. The van der Waals surface area contributed by atoms with Gasteiger partial charge in [-0.1, -0.05) is 17.7 Å². The lowest BCUT2D eigenvalue weighted by atomic mass is 9.99. The first kappa shape index (κ1) is 16.2. The molecule has 0 aliphatic carbocycles. The van der Waals surface area contributed by atoms with E-state index in [1.165, 1.54) is 0 Å². The zero-order chi connectivity index (χ0) is 15.2. The number of rotatable bonds is 5. The van der Waals surface area contributed by atoms with Crippen LogP contribution in [0.25, 0.3) is 0 Å². The Morgan fingerprint density at radius 3 is 3.05 bits per heavy atom. The van der Waals surface area contributed by atoms with Gasteiger partial charge in [-0.15, -0.1) is 0 Å². The normalized spacial score (nSPS) is 23.0. The summed E-state index contributed by atoms with van der Waals surface area (Å²) >= 11 is 5.91. The molecule has 1 aromatic carbocycles. The van der Waals surface area contributed by atoms with Crippen molar-refractivity contribution in [1.29, 1.82) is 0 Å². The van der Waals surface area contributed by atoms with Crippen molar-refractivity contribution in [3.63, 3.8) is 0 Å². The monoisotopic (exact) mass is 311 g/mol. The summed E-state index contributed by atoms with van der Waals surface area (Å²) in [5.74, 6) is -0.0495. The number of hydrogen-bond acceptors (Lipinski definition) is 4. The van der Waals surface area contributed by atoms with Crippen LogP contribution in [-0.2, 0) is 9.53 Å². The maximum atomic E-state index is 12.1. The number of ether oxygens (including phenoxy) is 1. The Morgan fingerprint density at radius 2 is 2.38 bits per heavy atom. The van der Waals surface area contributed by atoms with Crippen LogP contribution < -0.4 is 11.1 Å². The molecule has 1 aromatic rings. The fraction of sp³-hybridized carbons (Fsp3) is 0.533. The molecule has 1 aliphatic heterocycles. The maximum absolute atomic E-state index is 12.1. The van der Waals surface area contributed by atoms with Gasteiger partial charge in [0.1, 0.15) is 0 Å². The van der Waals surface area contributed by atoms with Crippen LogP contribution in [0, 0.1) is 0 Å². The van der Waals surface area contributed by atoms with E-state index in [1.807, 2.05) is 12.1 Å². The molecule has 5 nitrogen and oxygen atoms in total. The zero-order valence-corrected chi connectivity index (χ0v) is 13.0. The van der Waals surface area contributed by atoms with Crippen LogP contribution in [0.5, 0.6) is 0 Å². The molecule has 1 aliphatic rings. The lowest BCUT2D eigenvalue weighted by Gasteiger charge is -2.37. The van der Waals surface area contributed by atoms with Gasteiger partial charge in [-0.05, 0) is 31.0 Å². The second-order valence-corrected chi connectivity index (χ2v) is 5.74. The average Bonchev–Trinajstić information content (AvgIpc) is 2.47. The molecule has 0 saturated carbocycles. The highest BCUT2D eigenvalue weighted by Gasteiger charge is 2.28. The third-order valence-electron chi connectivity index (χ3n) is 3.85. The van der Waals surface area contributed by atoms with Crippen molar-refractivity contribution in [3.8, 4) is 0 Å². The van der Waals surface area contributed by atoms with E-state index < -0.39 is 0 Å². The van der Waals surface area contributed by atoms with Crippen LogP contribution >= 0.6 is 11.6 Å². The van der Waals surface area contributed by atoms with Gasteiger partial charge in [0.05, 0.1) is 12.6 Å². The fourth-order valence-electron chi connectivity index (χ4n) is 2.68. The summed E-state index contributed by atoms with van der Waals surface area (Å²) in [4.78, 5) is 14.3. The second kappa shape index (κ2) is 7.75. The predicted molar refractivity (Wildman–Crippen MR) is 84.5 cm³/mol. The van der Waals surface area contributed by atoms with Crippen molar-refractivity contribution in [1.82, 2.24) is 4.90 Å². The number of carbonyl (C=O) groups is 1. The Bertz CT molecular complexity index is 484. The summed E-state index contributed by atoms with van der Waals surface area (Å²) in [7, 11) is 1.72. The van der Waals surface area contributed by atoms with Crippen molar-refractivity contribution >= 4 is 23.2 Å². The number of nitrogens with two attached hydrogens (primary N) is 1. The van der Waals surface area contributed by atoms with Crippen molar-refractivity contribution in [2.45, 2.75) is 25.0 Å². The molecule has 0 spiro atoms. The first-order valence-corrected chi connectivity index (χ1v) is 7.52. The van der Waals surface area contributed by atoms with Crippen LogP contribution in [0.2, 0.25) is 5.02 Å². The first-order chi connectivity index (χ1) is 10.1. The van der Waals surface area contributed by atoms with Crippen molar-refractivity contribution in [2.24, 2.45) is 5.73 Å². The van der Waals surface area contributed by atoms with Gasteiger partial charge in [0, 0.05) is 37.0 Å². The largest absolute Gasteiger partial charge is 0.381 e. The van der Waals surface area contributed by atoms with E-state index in [2.05, 4.69) is 10.2 Å². The first-order valence-electron chi connectivity index (χ1n) is 7.14. The van der Waals surface area contributed by atoms with E-state index in [-0.39, 0.29) is 18.1 Å². The second-order valence-electron chi connectivity index (χ2n) is 5.30. The minimum Gasteiger partial charge on any atom is -0.381 e. The molecule has 21 heavy (non-hydrogen) atoms. The van der Waals surface area contributed by atoms with Gasteiger partial charge in [-0.3, -0.25) is 9.69 Å². The number of carbonyl (C=O) groups excluding carboxylic acids is 1. The molecule has 0 bridgehead atoms. The third-order valence-corrected chi connectivity index (χ3v) is 4.09. The SMILES string of the molecule is COC1CCN(CC(=O)Nc2cccc(Cl)c2)C(CN)C1. The van der Waals surface area contributed by atoms with Gasteiger partial charge < -0.3 is 15.8 Å². The van der Waals surface area contributed by atoms with Crippen molar-refractivity contribution < 1.29 is 9.53 Å². The molecule has 1 saturated heterocycles. The van der Waals surface area contributed by atoms with E-state index in [0.29, 0.717) is 23.8 Å². The van der Waals surface area contributed by atoms with E-state index in [0.717, 1.165) is 19.4 Å². The Hall–Kier alpha value is -1.14. The van der Waals surface area contributed by atoms with E-state index >= 15 is 0 Å². The van der Waals surface area contributed by atoms with E-state index in [1.54, 1.807) is 19.2 Å². The highest BCUT2D eigenvalue weighted by molar-refractivity contribution is 6.30. The summed E-state index contributed by atoms with van der Waals surface area (Å²) in [5.41, 5.74) is 6.52. The lowest BCUT2D eigenvalue weighted by Crippen LogP contribution is -2.50. The molecular weight excluding hydrogens is 290 g/mol. The quantitative estimate of drug-likeness (QED) is 0.869. The number of nitrogens with zero attached hydrogens (tertiary/aromatic N) is 1. The minimum absolute atomic E-state index is 0.0495. The molecule has 116 valence electrons. The zero-order valence-electron chi connectivity index (χ0n) is 12.2. The number of hydrogen-bond donors (Lipinski definition) is 2. The summed E-state index contributed by atoms with van der Waals surface area (Å²) in [6.07, 6.45) is 2.04. The van der Waals surface area contributed by atoms with Crippen LogP contribution in [0.1, 0.15) is 12.8 Å². The van der Waals surface area contributed by atoms with E-state index in [9.17, 15) is 4.79 Å². The molecule has 2 atom stereocenters. The highest BCUT2D eigenvalue weighted by atomic mass is 35.5. The Balaban J connectivity index is 1.89. The summed E-state index contributed by atoms with van der Waals surface area (Å²) in [5, 5.41) is 3.47. The number of halogens is 1. The average molecular weight is 312 g/mol. The van der Waals surface area contributed by atoms with E-state index in [4.69, 9.17) is 22.1 Å². The number of amides is 1. The van der Waals surface area contributed by atoms with Crippen molar-refractivity contribution in [2.75, 3.05) is 32.1 Å². The predicted octanol–water partition coefficient (Wildman–Crippen LogP) is 1.72. The fourth-order valence-corrected chi connectivity index (χ4v) is 2.87. The number of piperidine rings is 1. The summed E-state index contributed by atoms with van der Waals surface area (Å²) < 4.78 is 5.39. The number of benzene rings is 1. The molecule has 2 rings (SSSR count). The number of methoxy groups -OCH3 is 1. The molecular formula is C15H22ClN3O2. The van der Waals surface area contributed by atoms with Crippen molar-refractivity contribution in [3.05, 3.63) is 29.3 Å². The highest BCUT2D eigenvalue weighted by Crippen LogP contribution is 2.19. The van der Waals surface area contributed by atoms with Gasteiger partial charge in [-0.25, -0.2) is 0 Å². The Morgan fingerprint density at radius 1 is 1.57 bits per heavy atom. The van der Waals surface area contributed by atoms with Crippen LogP contribution in [0.3, 0.4) is 0 Å². The molecule has 1 fully saturated rings. The summed E-state index contributed by atoms with van der Waals surface area (Å²) in [6.45, 7) is 1.69. The lowest BCUT2D eigenvalue weighted by molar-refractivity contribution is -0.118. The smallest absolute Gasteiger partial charge is 0.238 e. The van der Waals surface area contributed by atoms with Crippen LogP contribution in [0.4, 0.5) is 5.69 Å². The maximum Gasteiger partial charge on any atom is 0.238 e. The van der Waals surface area contributed by atoms with Gasteiger partial charge in [0.2, 0.25) is 5.91 Å². The number of anilines is 1. The molecule has 6 heteroatoms. The Labute approximate surface area is 130 Å². The molecule has 1 amide bonds. The molecule has 1 heterocycles. The Kier molecular flexibility index (Phi) is 5.99. The molecule has 2 unspecified atom stereocenters. The molecule has 3 N–H and O–H groups in total. The van der Waals surface area contributed by atoms with Crippen LogP contribution in [-0.4, -0.2) is 49.7 Å². The molecule has 0 aromatic heterocycles. The number of likely N-dealkylation sites (tertiary alicyclic amines) is 1. The van der Waals surface area contributed by atoms with Gasteiger partial charge in [0.25, 0.3) is 0 Å². The van der Waals surface area contributed by atoms with Gasteiger partial charge >= 0.3 is 0 Å². The minimum atomic E-state index is -0.0495. The van der Waals surface area contributed by atoms with Gasteiger partial charge in [-0.2, -0.15) is 0 Å². The molecule has 0 radical (unpaired) electrons. The van der Waals surface area contributed by atoms with Crippen LogP contribution in [0.15, 0.2) is 24.3 Å². The topological polar surface area (TPSA) is 67.6 Å². The van der Waals surface area contributed by atoms with Gasteiger partial charge in [0.15, 0.2) is 0 Å². The summed E-state index contributed by atoms with van der Waals surface area (Å²) in [6, 6.07) is 7.33. The standard InChI is InChI=1S/C15H22ClN3O2/c1-21-14-5-6-19(13(8-14)9-17)10-15(20)18-12-4-2-3-11(16)7-12/h2-4,7,13-14H,5-6,8-10,17H2,1H3,(H,18,20). The number of nitrogens with one attached hydrogen (secondary N) is 1.